The highest BCUT2D eigenvalue weighted by atomic mass is 35.5. The summed E-state index contributed by atoms with van der Waals surface area (Å²) in [6, 6.07) is 4.08. The third-order valence-electron chi connectivity index (χ3n) is 3.00. The number of hydrogen-bond acceptors (Lipinski definition) is 0. The van der Waals surface area contributed by atoms with Gasteiger partial charge in [-0.3, -0.25) is 0 Å². The maximum Gasteiger partial charge on any atom is 0.0560 e. The maximum absolute atomic E-state index is 6.23. The van der Waals surface area contributed by atoms with Gasteiger partial charge in [0.15, 0.2) is 0 Å². The highest BCUT2D eigenvalue weighted by molar-refractivity contribution is 6.23. The molecule has 0 radical (unpaired) electrons. The van der Waals surface area contributed by atoms with Gasteiger partial charge in [0.2, 0.25) is 0 Å². The van der Waals surface area contributed by atoms with Crippen molar-refractivity contribution >= 4 is 46.4 Å². The van der Waals surface area contributed by atoms with Crippen LogP contribution in [0.25, 0.3) is 0 Å². The summed E-state index contributed by atoms with van der Waals surface area (Å²) in [4.78, 5) is 0. The van der Waals surface area contributed by atoms with Gasteiger partial charge in [-0.25, -0.2) is 0 Å². The van der Waals surface area contributed by atoms with Gasteiger partial charge in [0.1, 0.15) is 0 Å². The summed E-state index contributed by atoms with van der Waals surface area (Å²) >= 11 is 24.9. The first kappa shape index (κ1) is 16.4. The molecular weight excluding hydrogens is 310 g/mol. The zero-order valence-corrected chi connectivity index (χ0v) is 14.0. The molecule has 0 nitrogen and oxygen atoms in total. The van der Waals surface area contributed by atoms with E-state index in [9.17, 15) is 0 Å². The Bertz CT molecular complexity index is 334. The van der Waals surface area contributed by atoms with E-state index in [0.29, 0.717) is 0 Å². The van der Waals surface area contributed by atoms with Crippen molar-refractivity contribution < 1.29 is 0 Å². The fraction of sp³-hybridized carbons (Fsp3) is 0.571. The second-order valence-corrected chi connectivity index (χ2v) is 7.19. The summed E-state index contributed by atoms with van der Waals surface area (Å²) in [6.07, 6.45) is 0. The molecule has 0 saturated carbocycles. The van der Waals surface area contributed by atoms with Gasteiger partial charge < -0.3 is 0 Å². The molecule has 102 valence electrons. The Labute approximate surface area is 130 Å². The standard InChI is InChI=1S/C14H18Cl4/c1-7(15)11-5-13(9(3)17)14(10(4)18)6-12(11)8(2)16/h5-10H,1-4H3. The molecule has 1 aromatic carbocycles. The van der Waals surface area contributed by atoms with Crippen molar-refractivity contribution in [3.63, 3.8) is 0 Å². The first-order valence-corrected chi connectivity index (χ1v) is 7.74. The summed E-state index contributed by atoms with van der Waals surface area (Å²) in [5, 5.41) is -0.407. The van der Waals surface area contributed by atoms with Gasteiger partial charge in [0.25, 0.3) is 0 Å². The molecule has 0 heterocycles. The topological polar surface area (TPSA) is 0 Å². The van der Waals surface area contributed by atoms with Crippen molar-refractivity contribution in [2.75, 3.05) is 0 Å². The molecule has 4 atom stereocenters. The maximum atomic E-state index is 6.23. The second-order valence-electron chi connectivity index (χ2n) is 4.57. The highest BCUT2D eigenvalue weighted by Crippen LogP contribution is 2.39. The van der Waals surface area contributed by atoms with Crippen molar-refractivity contribution in [1.29, 1.82) is 0 Å². The smallest absolute Gasteiger partial charge is 0.0560 e. The van der Waals surface area contributed by atoms with Gasteiger partial charge in [-0.15, -0.1) is 46.4 Å². The average molecular weight is 328 g/mol. The third-order valence-corrected chi connectivity index (χ3v) is 3.94. The van der Waals surface area contributed by atoms with E-state index < -0.39 is 0 Å². The third kappa shape index (κ3) is 3.70. The molecule has 0 fully saturated rings. The SMILES string of the molecule is CC(Cl)c1cc(C(C)Cl)c(C(C)Cl)cc1C(C)Cl. The predicted molar refractivity (Wildman–Crippen MR) is 83.5 cm³/mol. The Morgan fingerprint density at radius 3 is 0.833 bits per heavy atom. The molecule has 0 aromatic heterocycles. The Hall–Kier alpha value is 0.380. The van der Waals surface area contributed by atoms with E-state index in [2.05, 4.69) is 0 Å². The molecule has 0 amide bonds. The van der Waals surface area contributed by atoms with Crippen LogP contribution in [0.3, 0.4) is 0 Å². The van der Waals surface area contributed by atoms with Crippen molar-refractivity contribution in [3.8, 4) is 0 Å². The van der Waals surface area contributed by atoms with Gasteiger partial charge in [-0.2, -0.15) is 0 Å². The minimum Gasteiger partial charge on any atom is -0.118 e. The number of hydrogen-bond donors (Lipinski definition) is 0. The number of halogens is 4. The fourth-order valence-electron chi connectivity index (χ4n) is 2.05. The van der Waals surface area contributed by atoms with Crippen molar-refractivity contribution in [1.82, 2.24) is 0 Å². The molecular formula is C14H18Cl4. The summed E-state index contributed by atoms with van der Waals surface area (Å²) in [7, 11) is 0. The molecule has 1 aromatic rings. The van der Waals surface area contributed by atoms with E-state index in [4.69, 9.17) is 46.4 Å². The minimum atomic E-state index is -0.102. The van der Waals surface area contributed by atoms with Gasteiger partial charge in [-0.05, 0) is 49.9 Å². The van der Waals surface area contributed by atoms with Crippen LogP contribution in [-0.2, 0) is 0 Å². The molecule has 0 aliphatic carbocycles. The monoisotopic (exact) mass is 326 g/mol. The lowest BCUT2D eigenvalue weighted by molar-refractivity contribution is 0.926. The Kier molecular flexibility index (Phi) is 6.12. The van der Waals surface area contributed by atoms with Crippen LogP contribution in [0.1, 0.15) is 71.5 Å². The lowest BCUT2D eigenvalue weighted by Crippen LogP contribution is -2.04. The van der Waals surface area contributed by atoms with Crippen LogP contribution in [0, 0.1) is 0 Å². The lowest BCUT2D eigenvalue weighted by atomic mass is 9.92. The Morgan fingerprint density at radius 1 is 0.556 bits per heavy atom. The summed E-state index contributed by atoms with van der Waals surface area (Å²) in [6.45, 7) is 7.75. The van der Waals surface area contributed by atoms with Crippen molar-refractivity contribution in [2.45, 2.75) is 49.2 Å². The molecule has 0 aliphatic heterocycles. The largest absolute Gasteiger partial charge is 0.118 e. The number of benzene rings is 1. The molecule has 18 heavy (non-hydrogen) atoms. The van der Waals surface area contributed by atoms with Crippen LogP contribution < -0.4 is 0 Å². The first-order valence-electron chi connectivity index (χ1n) is 5.99. The van der Waals surface area contributed by atoms with Crippen LogP contribution in [0.15, 0.2) is 12.1 Å². The predicted octanol–water partition coefficient (Wildman–Crippen LogP) is 6.89. The Balaban J connectivity index is 3.50. The molecule has 0 saturated heterocycles. The van der Waals surface area contributed by atoms with Crippen LogP contribution in [0.2, 0.25) is 0 Å². The van der Waals surface area contributed by atoms with Crippen LogP contribution in [0.4, 0.5) is 0 Å². The van der Waals surface area contributed by atoms with E-state index in [1.807, 2.05) is 39.8 Å². The average Bonchev–Trinajstić information content (AvgIpc) is 2.26. The van der Waals surface area contributed by atoms with Crippen molar-refractivity contribution in [2.24, 2.45) is 0 Å². The zero-order valence-electron chi connectivity index (χ0n) is 11.0. The molecule has 0 aliphatic rings. The molecule has 0 spiro atoms. The van der Waals surface area contributed by atoms with Gasteiger partial charge >= 0.3 is 0 Å². The molecule has 4 unspecified atom stereocenters. The van der Waals surface area contributed by atoms with E-state index >= 15 is 0 Å². The normalized spacial score (nSPS) is 18.2. The van der Waals surface area contributed by atoms with E-state index in [-0.39, 0.29) is 21.5 Å². The van der Waals surface area contributed by atoms with Crippen molar-refractivity contribution in [3.05, 3.63) is 34.4 Å². The quantitative estimate of drug-likeness (QED) is 0.528. The van der Waals surface area contributed by atoms with Crippen LogP contribution in [0.5, 0.6) is 0 Å². The van der Waals surface area contributed by atoms with E-state index in [0.717, 1.165) is 22.3 Å². The zero-order chi connectivity index (χ0) is 14.0. The van der Waals surface area contributed by atoms with Crippen LogP contribution >= 0.6 is 46.4 Å². The number of rotatable bonds is 4. The second kappa shape index (κ2) is 6.70. The molecule has 0 bridgehead atoms. The fourth-order valence-corrected chi connectivity index (χ4v) is 2.80. The summed E-state index contributed by atoms with van der Waals surface area (Å²) in [5.74, 6) is 0. The lowest BCUT2D eigenvalue weighted by Gasteiger charge is -2.21. The molecule has 4 heteroatoms. The molecule has 1 rings (SSSR count). The van der Waals surface area contributed by atoms with E-state index in [1.165, 1.54) is 0 Å². The van der Waals surface area contributed by atoms with Gasteiger partial charge in [0, 0.05) is 0 Å². The van der Waals surface area contributed by atoms with Crippen LogP contribution in [-0.4, -0.2) is 0 Å². The van der Waals surface area contributed by atoms with Gasteiger partial charge in [-0.1, -0.05) is 12.1 Å². The van der Waals surface area contributed by atoms with Gasteiger partial charge in [0.05, 0.1) is 21.5 Å². The Morgan fingerprint density at radius 2 is 0.722 bits per heavy atom. The number of alkyl halides is 4. The first-order chi connectivity index (χ1) is 8.25. The summed E-state index contributed by atoms with van der Waals surface area (Å²) in [5.41, 5.74) is 4.12. The van der Waals surface area contributed by atoms with E-state index in [1.54, 1.807) is 0 Å². The summed E-state index contributed by atoms with van der Waals surface area (Å²) < 4.78 is 0. The molecule has 0 N–H and O–H groups in total. The highest BCUT2D eigenvalue weighted by Gasteiger charge is 2.20. The minimum absolute atomic E-state index is 0.102.